The fourth-order valence-electron chi connectivity index (χ4n) is 5.70. The monoisotopic (exact) mass is 482 g/mol. The molecule has 0 spiro atoms. The third-order valence-electron chi connectivity index (χ3n) is 7.62. The van der Waals surface area contributed by atoms with Crippen LogP contribution in [0.3, 0.4) is 0 Å². The lowest BCUT2D eigenvalue weighted by Gasteiger charge is -2.32. The number of benzene rings is 2. The lowest BCUT2D eigenvalue weighted by atomic mass is 9.96. The molecule has 7 nitrogen and oxygen atoms in total. The van der Waals surface area contributed by atoms with Gasteiger partial charge in [-0.2, -0.15) is 0 Å². The summed E-state index contributed by atoms with van der Waals surface area (Å²) in [6.45, 7) is 4.00. The van der Waals surface area contributed by atoms with Crippen LogP contribution in [0.4, 0.5) is 0 Å². The van der Waals surface area contributed by atoms with E-state index in [-0.39, 0.29) is 17.3 Å². The first-order valence-corrected chi connectivity index (χ1v) is 12.9. The van der Waals surface area contributed by atoms with Crippen LogP contribution in [0.5, 0.6) is 0 Å². The Balaban J connectivity index is 1.36. The molecule has 2 aliphatic heterocycles. The molecule has 6 rings (SSSR count). The van der Waals surface area contributed by atoms with Gasteiger partial charge in [0, 0.05) is 43.1 Å². The first-order valence-electron chi connectivity index (χ1n) is 12.9. The highest BCUT2D eigenvalue weighted by atomic mass is 16.3. The third-order valence-corrected chi connectivity index (χ3v) is 7.62. The van der Waals surface area contributed by atoms with Gasteiger partial charge in [-0.25, -0.2) is 0 Å². The first kappa shape index (κ1) is 22.7. The predicted octanol–water partition coefficient (Wildman–Crippen LogP) is 5.11. The van der Waals surface area contributed by atoms with Gasteiger partial charge in [0.1, 0.15) is 17.4 Å². The molecule has 2 aromatic heterocycles. The highest BCUT2D eigenvalue weighted by Gasteiger charge is 2.31. The number of carbonyl (C=O) groups is 1. The number of para-hydroxylation sites is 1. The smallest absolute Gasteiger partial charge is 0.257 e. The van der Waals surface area contributed by atoms with Gasteiger partial charge in [-0.1, -0.05) is 42.8 Å². The lowest BCUT2D eigenvalue weighted by molar-refractivity contribution is 0.0704. The summed E-state index contributed by atoms with van der Waals surface area (Å²) in [6, 6.07) is 14.9. The molecule has 4 aromatic rings. The zero-order valence-electron chi connectivity index (χ0n) is 20.6. The molecule has 7 heteroatoms. The molecule has 0 aliphatic carbocycles. The number of nitrogens with zero attached hydrogens (tertiary/aromatic N) is 4. The summed E-state index contributed by atoms with van der Waals surface area (Å²) in [5.41, 5.74) is 2.05. The highest BCUT2D eigenvalue weighted by Crippen LogP contribution is 2.31. The van der Waals surface area contributed by atoms with Crippen molar-refractivity contribution in [3.8, 4) is 11.3 Å². The number of rotatable bonds is 3. The van der Waals surface area contributed by atoms with Crippen molar-refractivity contribution in [2.24, 2.45) is 0 Å². The van der Waals surface area contributed by atoms with E-state index in [4.69, 9.17) is 4.42 Å². The molecule has 0 N–H and O–H groups in total. The second kappa shape index (κ2) is 9.37. The standard InChI is InChI=1S/C29H30N4O3/c1-19-25(34)22-13-8-14-23(27(22)36-26(19)20-10-4-2-5-11-20)29(35)32-16-9-12-21(18-32)28-31-30-24-15-6-3-7-17-33(24)28/h2,4-5,8,10-11,13-14,21H,3,6-7,9,12,15-18H2,1H3. The molecule has 1 unspecified atom stereocenters. The SMILES string of the molecule is Cc1c(-c2ccccc2)oc2c(C(=O)N3CCCC(c4nnc5n4CCCCC5)C3)cccc2c1=O. The zero-order chi connectivity index (χ0) is 24.6. The van der Waals surface area contributed by atoms with Gasteiger partial charge in [0.25, 0.3) is 5.91 Å². The minimum Gasteiger partial charge on any atom is -0.455 e. The maximum Gasteiger partial charge on any atom is 0.257 e. The van der Waals surface area contributed by atoms with Gasteiger partial charge in [0.05, 0.1) is 10.9 Å². The topological polar surface area (TPSA) is 81.2 Å². The van der Waals surface area contributed by atoms with E-state index in [9.17, 15) is 9.59 Å². The maximum absolute atomic E-state index is 13.8. The van der Waals surface area contributed by atoms with Crippen molar-refractivity contribution in [2.45, 2.75) is 57.9 Å². The summed E-state index contributed by atoms with van der Waals surface area (Å²) in [6.07, 6.45) is 6.39. The average molecular weight is 483 g/mol. The van der Waals surface area contributed by atoms with Crippen molar-refractivity contribution in [1.29, 1.82) is 0 Å². The van der Waals surface area contributed by atoms with Crippen LogP contribution in [0.15, 0.2) is 57.7 Å². The van der Waals surface area contributed by atoms with E-state index < -0.39 is 0 Å². The van der Waals surface area contributed by atoms with E-state index in [1.54, 1.807) is 25.1 Å². The van der Waals surface area contributed by atoms with Gasteiger partial charge in [0.15, 0.2) is 11.0 Å². The van der Waals surface area contributed by atoms with Crippen molar-refractivity contribution in [3.05, 3.63) is 81.5 Å². The van der Waals surface area contributed by atoms with Crippen molar-refractivity contribution < 1.29 is 9.21 Å². The van der Waals surface area contributed by atoms with Crippen LogP contribution in [0.25, 0.3) is 22.3 Å². The molecule has 0 saturated carbocycles. The van der Waals surface area contributed by atoms with E-state index in [0.717, 1.165) is 55.9 Å². The van der Waals surface area contributed by atoms with Crippen molar-refractivity contribution in [1.82, 2.24) is 19.7 Å². The number of aromatic nitrogens is 3. The minimum absolute atomic E-state index is 0.104. The zero-order valence-corrected chi connectivity index (χ0v) is 20.6. The van der Waals surface area contributed by atoms with Crippen LogP contribution in [0, 0.1) is 6.92 Å². The van der Waals surface area contributed by atoms with Gasteiger partial charge >= 0.3 is 0 Å². The van der Waals surface area contributed by atoms with Crippen LogP contribution in [-0.2, 0) is 13.0 Å². The third kappa shape index (κ3) is 3.92. The molecule has 4 heterocycles. The fraction of sp³-hybridized carbons (Fsp3) is 0.379. The second-order valence-corrected chi connectivity index (χ2v) is 9.96. The van der Waals surface area contributed by atoms with Crippen molar-refractivity contribution >= 4 is 16.9 Å². The molecule has 2 aliphatic rings. The van der Waals surface area contributed by atoms with Crippen molar-refractivity contribution in [3.63, 3.8) is 0 Å². The summed E-state index contributed by atoms with van der Waals surface area (Å²) < 4.78 is 8.61. The molecular formula is C29H30N4O3. The second-order valence-electron chi connectivity index (χ2n) is 9.96. The number of carbonyl (C=O) groups excluding carboxylic acids is 1. The summed E-state index contributed by atoms with van der Waals surface area (Å²) in [4.78, 5) is 29.0. The Labute approximate surface area is 209 Å². The number of aryl methyl sites for hydroxylation is 1. The largest absolute Gasteiger partial charge is 0.455 e. The summed E-state index contributed by atoms with van der Waals surface area (Å²) in [5.74, 6) is 2.65. The Morgan fingerprint density at radius 1 is 0.972 bits per heavy atom. The van der Waals surface area contributed by atoms with Crippen LogP contribution in [0.1, 0.15) is 65.6 Å². The Hall–Kier alpha value is -3.74. The normalized spacial score (nSPS) is 18.1. The molecule has 36 heavy (non-hydrogen) atoms. The summed E-state index contributed by atoms with van der Waals surface area (Å²) >= 11 is 0. The number of fused-ring (bicyclic) bond motifs is 2. The van der Waals surface area contributed by atoms with Crippen LogP contribution in [0.2, 0.25) is 0 Å². The van der Waals surface area contributed by atoms with Gasteiger partial charge in [-0.05, 0) is 44.7 Å². The molecule has 0 bridgehead atoms. The molecule has 0 radical (unpaired) electrons. The quantitative estimate of drug-likeness (QED) is 0.406. The molecule has 1 atom stereocenters. The first-order chi connectivity index (χ1) is 17.6. The minimum atomic E-state index is -0.105. The summed E-state index contributed by atoms with van der Waals surface area (Å²) in [5, 5.41) is 9.48. The van der Waals surface area contributed by atoms with E-state index in [1.165, 1.54) is 6.42 Å². The number of amides is 1. The number of piperidine rings is 1. The molecule has 1 fully saturated rings. The van der Waals surface area contributed by atoms with Gasteiger partial charge in [-0.15, -0.1) is 10.2 Å². The van der Waals surface area contributed by atoms with E-state index in [2.05, 4.69) is 14.8 Å². The highest BCUT2D eigenvalue weighted by molar-refractivity contribution is 6.05. The van der Waals surface area contributed by atoms with E-state index >= 15 is 0 Å². The van der Waals surface area contributed by atoms with Crippen molar-refractivity contribution in [2.75, 3.05) is 13.1 Å². The lowest BCUT2D eigenvalue weighted by Crippen LogP contribution is -2.40. The van der Waals surface area contributed by atoms with Crippen LogP contribution < -0.4 is 5.43 Å². The predicted molar refractivity (Wildman–Crippen MR) is 138 cm³/mol. The maximum atomic E-state index is 13.8. The van der Waals surface area contributed by atoms with Crippen LogP contribution >= 0.6 is 0 Å². The van der Waals surface area contributed by atoms with Gasteiger partial charge < -0.3 is 13.9 Å². The van der Waals surface area contributed by atoms with E-state index in [0.29, 0.717) is 40.9 Å². The number of hydrogen-bond acceptors (Lipinski definition) is 5. The van der Waals surface area contributed by atoms with Gasteiger partial charge in [0.2, 0.25) is 0 Å². The molecule has 1 saturated heterocycles. The molecule has 2 aromatic carbocycles. The summed E-state index contributed by atoms with van der Waals surface area (Å²) in [7, 11) is 0. The Kier molecular flexibility index (Phi) is 5.91. The molecule has 184 valence electrons. The number of hydrogen-bond donors (Lipinski definition) is 0. The molecular weight excluding hydrogens is 452 g/mol. The Morgan fingerprint density at radius 3 is 2.69 bits per heavy atom. The Bertz CT molecular complexity index is 1490. The Morgan fingerprint density at radius 2 is 1.83 bits per heavy atom. The molecule has 1 amide bonds. The number of likely N-dealkylation sites (tertiary alicyclic amines) is 1. The fourth-order valence-corrected chi connectivity index (χ4v) is 5.70. The average Bonchev–Trinajstić information content (AvgIpc) is 3.18. The van der Waals surface area contributed by atoms with E-state index in [1.807, 2.05) is 35.2 Å². The van der Waals surface area contributed by atoms with Crippen LogP contribution in [-0.4, -0.2) is 38.7 Å². The van der Waals surface area contributed by atoms with Gasteiger partial charge in [-0.3, -0.25) is 9.59 Å².